The molecule has 18 heavy (non-hydrogen) atoms. The number of benzene rings is 2. The predicted octanol–water partition coefficient (Wildman–Crippen LogP) is 4.86. The van der Waals surface area contributed by atoms with Gasteiger partial charge in [0.15, 0.2) is 0 Å². The molecule has 0 amide bonds. The van der Waals surface area contributed by atoms with E-state index in [0.717, 1.165) is 26.5 Å². The van der Waals surface area contributed by atoms with Crippen molar-refractivity contribution in [3.63, 3.8) is 0 Å². The highest BCUT2D eigenvalue weighted by atomic mass is 79.9. The quantitative estimate of drug-likeness (QED) is 0.819. The van der Waals surface area contributed by atoms with Crippen LogP contribution < -0.4 is 0 Å². The third-order valence-corrected chi connectivity index (χ3v) is 4.14. The molecule has 3 heteroatoms. The molecule has 2 aromatic rings. The Morgan fingerprint density at radius 3 is 2.61 bits per heavy atom. The summed E-state index contributed by atoms with van der Waals surface area (Å²) in [7, 11) is 0. The summed E-state index contributed by atoms with van der Waals surface area (Å²) in [6, 6.07) is 13.9. The first-order valence-corrected chi connectivity index (χ1v) is 7.42. The molecule has 0 aromatic heterocycles. The van der Waals surface area contributed by atoms with Crippen molar-refractivity contribution in [1.82, 2.24) is 0 Å². The first-order chi connectivity index (χ1) is 8.61. The molecule has 0 bridgehead atoms. The molecule has 94 valence electrons. The molecule has 2 aromatic carbocycles. The second-order valence-electron chi connectivity index (χ2n) is 4.17. The summed E-state index contributed by atoms with van der Waals surface area (Å²) in [5.74, 6) is 0. The molecule has 1 atom stereocenters. The molecule has 0 saturated carbocycles. The summed E-state index contributed by atoms with van der Waals surface area (Å²) in [5, 5.41) is 10.5. The van der Waals surface area contributed by atoms with Crippen molar-refractivity contribution < 1.29 is 5.11 Å². The minimum atomic E-state index is -0.608. The molecule has 0 radical (unpaired) electrons. The number of rotatable bonds is 3. The van der Waals surface area contributed by atoms with E-state index in [4.69, 9.17) is 0 Å². The van der Waals surface area contributed by atoms with E-state index in [9.17, 15) is 5.11 Å². The molecule has 0 spiro atoms. The maximum Gasteiger partial charge on any atom is 0.105 e. The lowest BCUT2D eigenvalue weighted by atomic mass is 9.99. The van der Waals surface area contributed by atoms with Gasteiger partial charge in [0.25, 0.3) is 0 Å². The van der Waals surface area contributed by atoms with Crippen LogP contribution in [0.3, 0.4) is 0 Å². The Kier molecular flexibility index (Phi) is 4.60. The van der Waals surface area contributed by atoms with Crippen molar-refractivity contribution in [3.05, 3.63) is 68.1 Å². The van der Waals surface area contributed by atoms with E-state index < -0.39 is 6.10 Å². The van der Waals surface area contributed by atoms with E-state index in [1.54, 1.807) is 0 Å². The van der Waals surface area contributed by atoms with E-state index in [-0.39, 0.29) is 0 Å². The molecule has 0 saturated heterocycles. The highest BCUT2D eigenvalue weighted by Crippen LogP contribution is 2.31. The monoisotopic (exact) mass is 368 g/mol. The standard InChI is InChI=1S/C15H14Br2O/c1-2-10-4-3-5-11(8-10)15(18)13-9-12(16)6-7-14(13)17/h3-9,15,18H,2H2,1H3. The van der Waals surface area contributed by atoms with E-state index in [2.05, 4.69) is 50.9 Å². The molecule has 0 aliphatic carbocycles. The van der Waals surface area contributed by atoms with Gasteiger partial charge in [0.05, 0.1) is 0 Å². The number of hydrogen-bond acceptors (Lipinski definition) is 1. The smallest absolute Gasteiger partial charge is 0.105 e. The molecular weight excluding hydrogens is 356 g/mol. The van der Waals surface area contributed by atoms with Gasteiger partial charge in [-0.15, -0.1) is 0 Å². The van der Waals surface area contributed by atoms with Crippen LogP contribution in [-0.2, 0) is 6.42 Å². The van der Waals surface area contributed by atoms with Gasteiger partial charge < -0.3 is 5.11 Å². The van der Waals surface area contributed by atoms with E-state index in [1.807, 2.05) is 30.3 Å². The van der Waals surface area contributed by atoms with Crippen molar-refractivity contribution in [2.45, 2.75) is 19.4 Å². The van der Waals surface area contributed by atoms with Crippen LogP contribution in [0, 0.1) is 0 Å². The van der Waals surface area contributed by atoms with Gasteiger partial charge in [-0.2, -0.15) is 0 Å². The average Bonchev–Trinajstić information content (AvgIpc) is 2.41. The number of aryl methyl sites for hydroxylation is 1. The van der Waals surface area contributed by atoms with Crippen LogP contribution in [0.25, 0.3) is 0 Å². The van der Waals surface area contributed by atoms with Crippen LogP contribution in [0.4, 0.5) is 0 Å². The summed E-state index contributed by atoms with van der Waals surface area (Å²) < 4.78 is 1.88. The van der Waals surface area contributed by atoms with Crippen molar-refractivity contribution in [2.75, 3.05) is 0 Å². The number of hydrogen-bond donors (Lipinski definition) is 1. The summed E-state index contributed by atoms with van der Waals surface area (Å²) >= 11 is 6.92. The molecule has 2 rings (SSSR count). The Balaban J connectivity index is 2.40. The van der Waals surface area contributed by atoms with Crippen molar-refractivity contribution >= 4 is 31.9 Å². The summed E-state index contributed by atoms with van der Waals surface area (Å²) in [6.45, 7) is 2.11. The fourth-order valence-electron chi connectivity index (χ4n) is 1.89. The fraction of sp³-hybridized carbons (Fsp3) is 0.200. The number of aliphatic hydroxyl groups is 1. The van der Waals surface area contributed by atoms with Gasteiger partial charge >= 0.3 is 0 Å². The van der Waals surface area contributed by atoms with Crippen molar-refractivity contribution in [3.8, 4) is 0 Å². The number of halogens is 2. The number of aliphatic hydroxyl groups excluding tert-OH is 1. The predicted molar refractivity (Wildman–Crippen MR) is 81.7 cm³/mol. The zero-order valence-corrected chi connectivity index (χ0v) is 13.2. The lowest BCUT2D eigenvalue weighted by molar-refractivity contribution is 0.219. The van der Waals surface area contributed by atoms with Gasteiger partial charge in [-0.05, 0) is 35.7 Å². The summed E-state index contributed by atoms with van der Waals surface area (Å²) in [4.78, 5) is 0. The second-order valence-corrected chi connectivity index (χ2v) is 5.94. The first-order valence-electron chi connectivity index (χ1n) is 5.83. The molecule has 0 aliphatic rings. The van der Waals surface area contributed by atoms with Gasteiger partial charge in [0.1, 0.15) is 6.10 Å². The Morgan fingerprint density at radius 1 is 1.11 bits per heavy atom. The molecule has 1 unspecified atom stereocenters. The van der Waals surface area contributed by atoms with Gasteiger partial charge in [-0.25, -0.2) is 0 Å². The normalized spacial score (nSPS) is 12.4. The van der Waals surface area contributed by atoms with Crippen LogP contribution in [-0.4, -0.2) is 5.11 Å². The third kappa shape index (κ3) is 3.02. The SMILES string of the molecule is CCc1cccc(C(O)c2cc(Br)ccc2Br)c1. The third-order valence-electron chi connectivity index (χ3n) is 2.93. The van der Waals surface area contributed by atoms with Crippen LogP contribution in [0.5, 0.6) is 0 Å². The largest absolute Gasteiger partial charge is 0.384 e. The zero-order chi connectivity index (χ0) is 13.1. The van der Waals surface area contributed by atoms with Crippen LogP contribution >= 0.6 is 31.9 Å². The second kappa shape index (κ2) is 6.00. The summed E-state index contributed by atoms with van der Waals surface area (Å²) in [5.41, 5.74) is 3.03. The Labute approximate surface area is 124 Å². The minimum Gasteiger partial charge on any atom is -0.384 e. The molecule has 0 fully saturated rings. The molecule has 0 aliphatic heterocycles. The van der Waals surface area contributed by atoms with E-state index in [0.29, 0.717) is 0 Å². The topological polar surface area (TPSA) is 20.2 Å². The highest BCUT2D eigenvalue weighted by molar-refractivity contribution is 9.11. The van der Waals surface area contributed by atoms with Gasteiger partial charge in [-0.3, -0.25) is 0 Å². The zero-order valence-electron chi connectivity index (χ0n) is 10.0. The molecular formula is C15H14Br2O. The first kappa shape index (κ1) is 13.8. The van der Waals surface area contributed by atoms with Crippen molar-refractivity contribution in [1.29, 1.82) is 0 Å². The summed E-state index contributed by atoms with van der Waals surface area (Å²) in [6.07, 6.45) is 0.364. The molecule has 0 heterocycles. The molecule has 1 N–H and O–H groups in total. The Bertz CT molecular complexity index is 552. The highest BCUT2D eigenvalue weighted by Gasteiger charge is 2.14. The van der Waals surface area contributed by atoms with Crippen LogP contribution in [0.2, 0.25) is 0 Å². The van der Waals surface area contributed by atoms with Crippen molar-refractivity contribution in [2.24, 2.45) is 0 Å². The fourth-order valence-corrected chi connectivity index (χ4v) is 2.73. The Morgan fingerprint density at radius 2 is 1.89 bits per heavy atom. The molecule has 1 nitrogen and oxygen atoms in total. The van der Waals surface area contributed by atoms with Crippen LogP contribution in [0.15, 0.2) is 51.4 Å². The van der Waals surface area contributed by atoms with Crippen LogP contribution in [0.1, 0.15) is 29.7 Å². The van der Waals surface area contributed by atoms with E-state index >= 15 is 0 Å². The Hall–Kier alpha value is -0.640. The van der Waals surface area contributed by atoms with E-state index in [1.165, 1.54) is 5.56 Å². The minimum absolute atomic E-state index is 0.608. The maximum absolute atomic E-state index is 10.5. The van der Waals surface area contributed by atoms with Gasteiger partial charge in [0, 0.05) is 14.5 Å². The lowest BCUT2D eigenvalue weighted by Gasteiger charge is -2.14. The van der Waals surface area contributed by atoms with Gasteiger partial charge in [-0.1, -0.05) is 63.0 Å². The lowest BCUT2D eigenvalue weighted by Crippen LogP contribution is -2.01. The average molecular weight is 370 g/mol. The maximum atomic E-state index is 10.5. The van der Waals surface area contributed by atoms with Gasteiger partial charge in [0.2, 0.25) is 0 Å².